The topological polar surface area (TPSA) is 98.2 Å². The van der Waals surface area contributed by atoms with Crippen molar-refractivity contribution in [2.45, 2.75) is 40.2 Å². The fourth-order valence-corrected chi connectivity index (χ4v) is 1.61. The van der Waals surface area contributed by atoms with Crippen molar-refractivity contribution in [3.05, 3.63) is 29.3 Å². The molecule has 5 N–H and O–H groups in total. The number of hydrogen-bond acceptors (Lipinski definition) is 3. The maximum Gasteiger partial charge on any atom is 0.249 e. The fourth-order valence-electron chi connectivity index (χ4n) is 1.61. The average molecular weight is 277 g/mol. The summed E-state index contributed by atoms with van der Waals surface area (Å²) in [6.07, 6.45) is 0. The van der Waals surface area contributed by atoms with Crippen molar-refractivity contribution in [3.8, 4) is 0 Å². The molecule has 5 nitrogen and oxygen atoms in total. The van der Waals surface area contributed by atoms with Gasteiger partial charge < -0.3 is 16.8 Å². The lowest BCUT2D eigenvalue weighted by atomic mass is 9.74. The second-order valence-electron chi connectivity index (χ2n) is 6.14. The van der Waals surface area contributed by atoms with Crippen LogP contribution in [0, 0.1) is 12.3 Å². The Morgan fingerprint density at radius 3 is 2.15 bits per heavy atom. The van der Waals surface area contributed by atoms with Crippen molar-refractivity contribution in [2.24, 2.45) is 16.9 Å². The van der Waals surface area contributed by atoms with Crippen molar-refractivity contribution < 1.29 is 9.59 Å². The highest BCUT2D eigenvalue weighted by Crippen LogP contribution is 2.30. The van der Waals surface area contributed by atoms with E-state index in [1.165, 1.54) is 0 Å². The van der Waals surface area contributed by atoms with E-state index in [2.05, 4.69) is 5.32 Å². The van der Waals surface area contributed by atoms with Gasteiger partial charge in [-0.25, -0.2) is 0 Å². The smallest absolute Gasteiger partial charge is 0.249 e. The zero-order valence-corrected chi connectivity index (χ0v) is 12.7. The van der Waals surface area contributed by atoms with Gasteiger partial charge in [-0.2, -0.15) is 0 Å². The van der Waals surface area contributed by atoms with Crippen LogP contribution in [-0.4, -0.2) is 17.4 Å². The second kappa shape index (κ2) is 5.25. The summed E-state index contributed by atoms with van der Waals surface area (Å²) < 4.78 is 0. The van der Waals surface area contributed by atoms with E-state index in [1.807, 2.05) is 0 Å². The van der Waals surface area contributed by atoms with Crippen molar-refractivity contribution in [3.63, 3.8) is 0 Å². The SMILES string of the molecule is Cc1c(NC(=O)C(C)(C)C(C)(C)N)cccc1C(N)=O. The summed E-state index contributed by atoms with van der Waals surface area (Å²) in [6, 6.07) is 5.05. The Bertz CT molecular complexity index is 543. The van der Waals surface area contributed by atoms with Crippen molar-refractivity contribution in [1.82, 2.24) is 0 Å². The van der Waals surface area contributed by atoms with Crippen LogP contribution >= 0.6 is 0 Å². The zero-order chi connectivity index (χ0) is 15.7. The van der Waals surface area contributed by atoms with E-state index in [1.54, 1.807) is 52.8 Å². The minimum Gasteiger partial charge on any atom is -0.366 e. The molecule has 2 amide bonds. The molecular formula is C15H23N3O2. The van der Waals surface area contributed by atoms with Crippen LogP contribution in [0.1, 0.15) is 43.6 Å². The first-order valence-electron chi connectivity index (χ1n) is 6.48. The van der Waals surface area contributed by atoms with Crippen LogP contribution in [0.15, 0.2) is 18.2 Å². The van der Waals surface area contributed by atoms with E-state index in [9.17, 15) is 9.59 Å². The van der Waals surface area contributed by atoms with Gasteiger partial charge in [0.25, 0.3) is 0 Å². The van der Waals surface area contributed by atoms with Crippen molar-refractivity contribution in [1.29, 1.82) is 0 Å². The third-order valence-electron chi connectivity index (χ3n) is 4.03. The summed E-state index contributed by atoms with van der Waals surface area (Å²) in [5, 5.41) is 2.83. The number of anilines is 1. The van der Waals surface area contributed by atoms with E-state index in [4.69, 9.17) is 11.5 Å². The molecule has 0 aromatic heterocycles. The Labute approximate surface area is 119 Å². The molecule has 5 heteroatoms. The first-order chi connectivity index (χ1) is 8.98. The van der Waals surface area contributed by atoms with Gasteiger partial charge in [0.15, 0.2) is 0 Å². The third kappa shape index (κ3) is 2.99. The van der Waals surface area contributed by atoms with Crippen LogP contribution in [0.25, 0.3) is 0 Å². The molecular weight excluding hydrogens is 254 g/mol. The van der Waals surface area contributed by atoms with Gasteiger partial charge in [-0.3, -0.25) is 9.59 Å². The quantitative estimate of drug-likeness (QED) is 0.782. The van der Waals surface area contributed by atoms with Gasteiger partial charge in [-0.05, 0) is 52.3 Å². The van der Waals surface area contributed by atoms with Gasteiger partial charge in [-0.15, -0.1) is 0 Å². The number of primary amides is 1. The number of benzene rings is 1. The van der Waals surface area contributed by atoms with Crippen LogP contribution in [-0.2, 0) is 4.79 Å². The van der Waals surface area contributed by atoms with E-state index in [-0.39, 0.29) is 5.91 Å². The minimum atomic E-state index is -0.762. The minimum absolute atomic E-state index is 0.199. The summed E-state index contributed by atoms with van der Waals surface area (Å²) >= 11 is 0. The number of amides is 2. The van der Waals surface area contributed by atoms with E-state index < -0.39 is 16.9 Å². The Morgan fingerprint density at radius 2 is 1.70 bits per heavy atom. The summed E-state index contributed by atoms with van der Waals surface area (Å²) in [4.78, 5) is 23.7. The standard InChI is InChI=1S/C15H23N3O2/c1-9-10(12(16)19)7-6-8-11(9)18-13(20)14(2,3)15(4,5)17/h6-8H,17H2,1-5H3,(H2,16,19)(H,18,20). The Hall–Kier alpha value is -1.88. The maximum absolute atomic E-state index is 12.4. The molecule has 0 spiro atoms. The monoisotopic (exact) mass is 277 g/mol. The first-order valence-corrected chi connectivity index (χ1v) is 6.48. The average Bonchev–Trinajstić information content (AvgIpc) is 2.29. The molecule has 0 atom stereocenters. The summed E-state index contributed by atoms with van der Waals surface area (Å²) in [5.41, 5.74) is 11.5. The van der Waals surface area contributed by atoms with E-state index in [0.29, 0.717) is 16.8 Å². The summed E-state index contributed by atoms with van der Waals surface area (Å²) in [5.74, 6) is -0.716. The molecule has 0 saturated heterocycles. The Balaban J connectivity index is 3.10. The van der Waals surface area contributed by atoms with Crippen LogP contribution in [0.4, 0.5) is 5.69 Å². The number of carbonyl (C=O) groups excluding carboxylic acids is 2. The van der Waals surface area contributed by atoms with Crippen LogP contribution < -0.4 is 16.8 Å². The van der Waals surface area contributed by atoms with Gasteiger partial charge in [0, 0.05) is 16.8 Å². The lowest BCUT2D eigenvalue weighted by Crippen LogP contribution is -2.53. The van der Waals surface area contributed by atoms with E-state index >= 15 is 0 Å². The molecule has 0 aliphatic heterocycles. The summed E-state index contributed by atoms with van der Waals surface area (Å²) in [6.45, 7) is 8.93. The Morgan fingerprint density at radius 1 is 1.15 bits per heavy atom. The Kier molecular flexibility index (Phi) is 4.24. The molecule has 1 aromatic carbocycles. The number of rotatable bonds is 4. The van der Waals surface area contributed by atoms with Crippen LogP contribution in [0.5, 0.6) is 0 Å². The third-order valence-corrected chi connectivity index (χ3v) is 4.03. The predicted octanol–water partition coefficient (Wildman–Crippen LogP) is 1.80. The van der Waals surface area contributed by atoms with Crippen molar-refractivity contribution >= 4 is 17.5 Å². The highest BCUT2D eigenvalue weighted by Gasteiger charge is 2.40. The zero-order valence-electron chi connectivity index (χ0n) is 12.7. The van der Waals surface area contributed by atoms with Gasteiger partial charge >= 0.3 is 0 Å². The largest absolute Gasteiger partial charge is 0.366 e. The van der Waals surface area contributed by atoms with Gasteiger partial charge in [0.1, 0.15) is 0 Å². The molecule has 0 saturated carbocycles. The molecule has 1 rings (SSSR count). The normalized spacial score (nSPS) is 12.1. The maximum atomic E-state index is 12.4. The highest BCUT2D eigenvalue weighted by molar-refractivity contribution is 6.00. The lowest BCUT2D eigenvalue weighted by Gasteiger charge is -2.37. The molecule has 1 aromatic rings. The lowest BCUT2D eigenvalue weighted by molar-refractivity contribution is -0.126. The molecule has 110 valence electrons. The first kappa shape index (κ1) is 16.2. The second-order valence-corrected chi connectivity index (χ2v) is 6.14. The predicted molar refractivity (Wildman–Crippen MR) is 80.4 cm³/mol. The molecule has 0 radical (unpaired) electrons. The van der Waals surface area contributed by atoms with E-state index in [0.717, 1.165) is 0 Å². The van der Waals surface area contributed by atoms with Crippen molar-refractivity contribution in [2.75, 3.05) is 5.32 Å². The molecule has 20 heavy (non-hydrogen) atoms. The summed E-state index contributed by atoms with van der Waals surface area (Å²) in [7, 11) is 0. The molecule has 0 fully saturated rings. The molecule has 0 aliphatic rings. The van der Waals surface area contributed by atoms with Gasteiger partial charge in [0.05, 0.1) is 5.41 Å². The number of nitrogens with one attached hydrogen (secondary N) is 1. The van der Waals surface area contributed by atoms with Crippen LogP contribution in [0.2, 0.25) is 0 Å². The van der Waals surface area contributed by atoms with Crippen LogP contribution in [0.3, 0.4) is 0 Å². The number of nitrogens with two attached hydrogens (primary N) is 2. The van der Waals surface area contributed by atoms with Gasteiger partial charge in [-0.1, -0.05) is 6.07 Å². The van der Waals surface area contributed by atoms with Gasteiger partial charge in [0.2, 0.25) is 11.8 Å². The fraction of sp³-hybridized carbons (Fsp3) is 0.467. The number of carbonyl (C=O) groups is 2. The molecule has 0 bridgehead atoms. The molecule has 0 heterocycles. The molecule has 0 aliphatic carbocycles. The number of hydrogen-bond donors (Lipinski definition) is 3. The molecule has 0 unspecified atom stereocenters. The highest BCUT2D eigenvalue weighted by atomic mass is 16.2.